The van der Waals surface area contributed by atoms with Crippen LogP contribution in [-0.4, -0.2) is 22.8 Å². The van der Waals surface area contributed by atoms with E-state index in [1.807, 2.05) is 0 Å². The normalized spacial score (nSPS) is 18.6. The van der Waals surface area contributed by atoms with E-state index in [9.17, 15) is 18.4 Å². The van der Waals surface area contributed by atoms with Crippen LogP contribution in [0.25, 0.3) is 0 Å². The third-order valence-corrected chi connectivity index (χ3v) is 3.14. The molecule has 0 aromatic heterocycles. The van der Waals surface area contributed by atoms with Gasteiger partial charge in [-0.3, -0.25) is 14.9 Å². The standard InChI is InChI=1S/C12H11F2N3O2S/c13-9-5(11(15)20)1-2-6(10(9)14)16-7-3-4-8(18)17-12(7)19/h1-2,7,16H,3-4H2,(H2,15,20)(H,17,18,19). The molecule has 106 valence electrons. The molecule has 1 fully saturated rings. The lowest BCUT2D eigenvalue weighted by atomic mass is 10.1. The smallest absolute Gasteiger partial charge is 0.249 e. The summed E-state index contributed by atoms with van der Waals surface area (Å²) in [5, 5.41) is 4.68. The molecule has 0 aliphatic carbocycles. The Balaban J connectivity index is 2.22. The highest BCUT2D eigenvalue weighted by molar-refractivity contribution is 7.80. The number of nitrogens with one attached hydrogen (secondary N) is 2. The first kappa shape index (κ1) is 14.3. The summed E-state index contributed by atoms with van der Waals surface area (Å²) in [5.74, 6) is -3.29. The molecule has 1 aliphatic heterocycles. The molecule has 20 heavy (non-hydrogen) atoms. The molecule has 0 saturated carbocycles. The summed E-state index contributed by atoms with van der Waals surface area (Å²) in [6.45, 7) is 0. The van der Waals surface area contributed by atoms with Crippen LogP contribution in [0, 0.1) is 11.6 Å². The zero-order valence-corrected chi connectivity index (χ0v) is 11.0. The van der Waals surface area contributed by atoms with Crippen LogP contribution >= 0.6 is 12.2 Å². The quantitative estimate of drug-likeness (QED) is 0.568. The minimum absolute atomic E-state index is 0.137. The van der Waals surface area contributed by atoms with Crippen molar-refractivity contribution in [3.8, 4) is 0 Å². The van der Waals surface area contributed by atoms with Gasteiger partial charge in [0.05, 0.1) is 5.69 Å². The van der Waals surface area contributed by atoms with E-state index < -0.39 is 23.6 Å². The Hall–Kier alpha value is -2.09. The number of halogens is 2. The number of benzene rings is 1. The number of carbonyl (C=O) groups is 2. The van der Waals surface area contributed by atoms with Gasteiger partial charge >= 0.3 is 0 Å². The lowest BCUT2D eigenvalue weighted by Gasteiger charge is -2.23. The van der Waals surface area contributed by atoms with Crippen LogP contribution in [0.15, 0.2) is 12.1 Å². The second kappa shape index (κ2) is 5.49. The van der Waals surface area contributed by atoms with Gasteiger partial charge in [-0.1, -0.05) is 12.2 Å². The highest BCUT2D eigenvalue weighted by Gasteiger charge is 2.27. The SMILES string of the molecule is NC(=S)c1ccc(NC2CCC(=O)NC2=O)c(F)c1F. The van der Waals surface area contributed by atoms with Crippen molar-refractivity contribution in [2.24, 2.45) is 5.73 Å². The second-order valence-corrected chi connectivity index (χ2v) is 4.74. The molecule has 1 unspecified atom stereocenters. The zero-order chi connectivity index (χ0) is 14.9. The number of nitrogens with two attached hydrogens (primary N) is 1. The molecule has 1 aromatic rings. The van der Waals surface area contributed by atoms with Gasteiger partial charge < -0.3 is 11.1 Å². The Morgan fingerprint density at radius 1 is 1.35 bits per heavy atom. The van der Waals surface area contributed by atoms with Crippen molar-refractivity contribution >= 4 is 34.7 Å². The molecule has 1 aliphatic rings. The van der Waals surface area contributed by atoms with Gasteiger partial charge in [-0.25, -0.2) is 8.78 Å². The van der Waals surface area contributed by atoms with Crippen molar-refractivity contribution in [3.63, 3.8) is 0 Å². The van der Waals surface area contributed by atoms with Gasteiger partial charge in [0.1, 0.15) is 11.0 Å². The maximum atomic E-state index is 13.8. The molecule has 0 radical (unpaired) electrons. The Morgan fingerprint density at radius 2 is 2.05 bits per heavy atom. The summed E-state index contributed by atoms with van der Waals surface area (Å²) < 4.78 is 27.5. The van der Waals surface area contributed by atoms with E-state index in [2.05, 4.69) is 22.9 Å². The summed E-state index contributed by atoms with van der Waals surface area (Å²) in [6.07, 6.45) is 0.348. The van der Waals surface area contributed by atoms with Gasteiger partial charge in [0.15, 0.2) is 11.6 Å². The summed E-state index contributed by atoms with van der Waals surface area (Å²) in [4.78, 5) is 22.3. The molecule has 1 saturated heterocycles. The highest BCUT2D eigenvalue weighted by Crippen LogP contribution is 2.22. The molecule has 8 heteroatoms. The summed E-state index contributed by atoms with van der Waals surface area (Å²) in [7, 11) is 0. The van der Waals surface area contributed by atoms with Crippen molar-refractivity contribution in [1.29, 1.82) is 0 Å². The largest absolute Gasteiger partial charge is 0.389 e. The lowest BCUT2D eigenvalue weighted by molar-refractivity contribution is -0.133. The Bertz CT molecular complexity index is 607. The summed E-state index contributed by atoms with van der Waals surface area (Å²) >= 11 is 4.59. The third-order valence-electron chi connectivity index (χ3n) is 2.92. The Kier molecular flexibility index (Phi) is 3.93. The number of imide groups is 1. The monoisotopic (exact) mass is 299 g/mol. The first-order valence-corrected chi connectivity index (χ1v) is 6.19. The first-order valence-electron chi connectivity index (χ1n) is 5.78. The lowest BCUT2D eigenvalue weighted by Crippen LogP contribution is -2.47. The molecule has 2 rings (SSSR count). The van der Waals surface area contributed by atoms with Gasteiger partial charge in [0.25, 0.3) is 0 Å². The minimum atomic E-state index is -1.17. The number of carbonyl (C=O) groups excluding carboxylic acids is 2. The van der Waals surface area contributed by atoms with E-state index in [1.165, 1.54) is 12.1 Å². The average molecular weight is 299 g/mol. The summed E-state index contributed by atoms with van der Waals surface area (Å²) in [5.41, 5.74) is 4.87. The number of rotatable bonds is 3. The molecule has 1 atom stereocenters. The van der Waals surface area contributed by atoms with Crippen molar-refractivity contribution < 1.29 is 18.4 Å². The van der Waals surface area contributed by atoms with E-state index in [4.69, 9.17) is 5.73 Å². The fourth-order valence-electron chi connectivity index (χ4n) is 1.87. The third kappa shape index (κ3) is 2.74. The number of piperidine rings is 1. The van der Waals surface area contributed by atoms with Crippen LogP contribution in [0.1, 0.15) is 18.4 Å². The van der Waals surface area contributed by atoms with Gasteiger partial charge in [-0.15, -0.1) is 0 Å². The summed E-state index contributed by atoms with van der Waals surface area (Å²) in [6, 6.07) is 1.68. The van der Waals surface area contributed by atoms with Crippen molar-refractivity contribution in [1.82, 2.24) is 5.32 Å². The Morgan fingerprint density at radius 3 is 2.65 bits per heavy atom. The van der Waals surface area contributed by atoms with Gasteiger partial charge in [-0.2, -0.15) is 0 Å². The maximum absolute atomic E-state index is 13.8. The number of hydrogen-bond acceptors (Lipinski definition) is 4. The fourth-order valence-corrected chi connectivity index (χ4v) is 2.03. The van der Waals surface area contributed by atoms with Crippen molar-refractivity contribution in [2.75, 3.05) is 5.32 Å². The predicted molar refractivity (Wildman–Crippen MR) is 72.0 cm³/mol. The fraction of sp³-hybridized carbons (Fsp3) is 0.250. The van der Waals surface area contributed by atoms with Crippen LogP contribution in [0.3, 0.4) is 0 Å². The first-order chi connectivity index (χ1) is 9.40. The number of anilines is 1. The second-order valence-electron chi connectivity index (χ2n) is 4.30. The van der Waals surface area contributed by atoms with Gasteiger partial charge in [-0.05, 0) is 18.6 Å². The van der Waals surface area contributed by atoms with E-state index in [0.29, 0.717) is 0 Å². The predicted octanol–water partition coefficient (Wildman–Crippen LogP) is 0.816. The topological polar surface area (TPSA) is 84.2 Å². The van der Waals surface area contributed by atoms with Crippen LogP contribution < -0.4 is 16.4 Å². The molecule has 0 spiro atoms. The molecule has 1 aromatic carbocycles. The molecule has 0 bridgehead atoms. The molecule has 2 amide bonds. The van der Waals surface area contributed by atoms with Crippen LogP contribution in [0.5, 0.6) is 0 Å². The van der Waals surface area contributed by atoms with E-state index in [0.717, 1.165) is 0 Å². The van der Waals surface area contributed by atoms with Crippen LogP contribution in [-0.2, 0) is 9.59 Å². The molecular formula is C12H11F2N3O2S. The van der Waals surface area contributed by atoms with E-state index >= 15 is 0 Å². The number of thiocarbonyl (C=S) groups is 1. The molecule has 5 nitrogen and oxygen atoms in total. The maximum Gasteiger partial charge on any atom is 0.249 e. The van der Waals surface area contributed by atoms with E-state index in [1.54, 1.807) is 0 Å². The zero-order valence-electron chi connectivity index (χ0n) is 10.2. The minimum Gasteiger partial charge on any atom is -0.389 e. The Labute approximate surface area is 118 Å². The van der Waals surface area contributed by atoms with Crippen molar-refractivity contribution in [2.45, 2.75) is 18.9 Å². The highest BCUT2D eigenvalue weighted by atomic mass is 32.1. The molecular weight excluding hydrogens is 288 g/mol. The van der Waals surface area contributed by atoms with Gasteiger partial charge in [0.2, 0.25) is 11.8 Å². The molecule has 1 heterocycles. The van der Waals surface area contributed by atoms with E-state index in [-0.39, 0.29) is 35.0 Å². The number of amides is 2. The number of hydrogen-bond donors (Lipinski definition) is 3. The van der Waals surface area contributed by atoms with Crippen molar-refractivity contribution in [3.05, 3.63) is 29.3 Å². The molecule has 4 N–H and O–H groups in total. The van der Waals surface area contributed by atoms with Crippen LogP contribution in [0.4, 0.5) is 14.5 Å². The van der Waals surface area contributed by atoms with Gasteiger partial charge in [0, 0.05) is 12.0 Å². The van der Waals surface area contributed by atoms with Crippen LogP contribution in [0.2, 0.25) is 0 Å². The average Bonchev–Trinajstić information content (AvgIpc) is 2.37.